The molecule has 0 aromatic carbocycles. The highest BCUT2D eigenvalue weighted by atomic mass is 16.4. The zero-order valence-electron chi connectivity index (χ0n) is 10.8. The van der Waals surface area contributed by atoms with Gasteiger partial charge in [-0.3, -0.25) is 14.4 Å². The molecule has 0 radical (unpaired) electrons. The van der Waals surface area contributed by atoms with Gasteiger partial charge in [0.05, 0.1) is 13.0 Å². The summed E-state index contributed by atoms with van der Waals surface area (Å²) in [6, 6.07) is -3.76. The molecular weight excluding hydrogens is 272 g/mol. The van der Waals surface area contributed by atoms with Crippen LogP contribution in [0.5, 0.6) is 0 Å². The van der Waals surface area contributed by atoms with Gasteiger partial charge in [0.2, 0.25) is 17.7 Å². The Morgan fingerprint density at radius 2 is 1.70 bits per heavy atom. The van der Waals surface area contributed by atoms with E-state index in [1.807, 2.05) is 0 Å². The molecule has 3 amide bonds. The van der Waals surface area contributed by atoms with Crippen molar-refractivity contribution in [1.29, 1.82) is 0 Å². The molecule has 20 heavy (non-hydrogen) atoms. The number of amides is 3. The SMILES string of the molecule is CC(NC(=O)C(N)CO)C(=O)NC(CC(N)=O)C(=O)O. The van der Waals surface area contributed by atoms with Gasteiger partial charge in [0.15, 0.2) is 0 Å². The lowest BCUT2D eigenvalue weighted by Gasteiger charge is -2.19. The monoisotopic (exact) mass is 290 g/mol. The maximum atomic E-state index is 11.6. The predicted molar refractivity (Wildman–Crippen MR) is 66.0 cm³/mol. The molecule has 0 aromatic heterocycles. The number of aliphatic carboxylic acids is 1. The Labute approximate surface area is 114 Å². The lowest BCUT2D eigenvalue weighted by molar-refractivity contribution is -0.143. The van der Waals surface area contributed by atoms with Crippen LogP contribution in [-0.4, -0.2) is 58.6 Å². The van der Waals surface area contributed by atoms with Crippen LogP contribution in [0.25, 0.3) is 0 Å². The Balaban J connectivity index is 4.53. The second kappa shape index (κ2) is 8.07. The second-order valence-corrected chi connectivity index (χ2v) is 4.09. The van der Waals surface area contributed by atoms with Crippen LogP contribution in [0.4, 0.5) is 0 Å². The highest BCUT2D eigenvalue weighted by Crippen LogP contribution is 1.94. The fraction of sp³-hybridized carbons (Fsp3) is 0.600. The van der Waals surface area contributed by atoms with E-state index in [9.17, 15) is 19.2 Å². The number of hydrogen-bond donors (Lipinski definition) is 6. The van der Waals surface area contributed by atoms with Crippen molar-refractivity contribution in [2.45, 2.75) is 31.5 Å². The van der Waals surface area contributed by atoms with Gasteiger partial charge < -0.3 is 32.3 Å². The molecule has 0 aromatic rings. The Morgan fingerprint density at radius 3 is 2.10 bits per heavy atom. The molecule has 0 aliphatic rings. The van der Waals surface area contributed by atoms with Crippen molar-refractivity contribution in [2.75, 3.05) is 6.61 Å². The molecule has 0 saturated heterocycles. The summed E-state index contributed by atoms with van der Waals surface area (Å²) in [6.45, 7) is 0.695. The first kappa shape index (κ1) is 17.8. The minimum atomic E-state index is -1.48. The van der Waals surface area contributed by atoms with Crippen LogP contribution in [0, 0.1) is 0 Å². The Kier molecular flexibility index (Phi) is 7.18. The third-order valence-corrected chi connectivity index (χ3v) is 2.31. The standard InChI is InChI=1S/C10H18N4O6/c1-4(13-9(18)5(11)3-15)8(17)14-6(10(19)20)2-7(12)16/h4-6,15H,2-3,11H2,1H3,(H2,12,16)(H,13,18)(H,14,17)(H,19,20). The molecule has 3 unspecified atom stereocenters. The average molecular weight is 290 g/mol. The largest absolute Gasteiger partial charge is 0.480 e. The molecule has 10 heteroatoms. The van der Waals surface area contributed by atoms with E-state index in [2.05, 4.69) is 10.6 Å². The lowest BCUT2D eigenvalue weighted by atomic mass is 10.2. The molecule has 0 bridgehead atoms. The van der Waals surface area contributed by atoms with Gasteiger partial charge in [0, 0.05) is 0 Å². The molecule has 10 nitrogen and oxygen atoms in total. The van der Waals surface area contributed by atoms with E-state index in [-0.39, 0.29) is 0 Å². The summed E-state index contributed by atoms with van der Waals surface area (Å²) < 4.78 is 0. The van der Waals surface area contributed by atoms with E-state index in [1.165, 1.54) is 6.92 Å². The molecule has 8 N–H and O–H groups in total. The van der Waals surface area contributed by atoms with Crippen molar-refractivity contribution in [1.82, 2.24) is 10.6 Å². The van der Waals surface area contributed by atoms with E-state index in [4.69, 9.17) is 21.7 Å². The molecule has 114 valence electrons. The summed E-state index contributed by atoms with van der Waals surface area (Å²) in [5.41, 5.74) is 10.1. The first-order chi connectivity index (χ1) is 9.18. The molecule has 0 spiro atoms. The topological polar surface area (TPSA) is 185 Å². The van der Waals surface area contributed by atoms with Gasteiger partial charge in [-0.05, 0) is 6.92 Å². The van der Waals surface area contributed by atoms with E-state index >= 15 is 0 Å². The highest BCUT2D eigenvalue weighted by molar-refractivity contribution is 5.92. The number of hydrogen-bond acceptors (Lipinski definition) is 6. The molecule has 3 atom stereocenters. The maximum absolute atomic E-state index is 11.6. The van der Waals surface area contributed by atoms with Gasteiger partial charge in [-0.1, -0.05) is 0 Å². The van der Waals surface area contributed by atoms with Crippen LogP contribution in [0.15, 0.2) is 0 Å². The summed E-state index contributed by atoms with van der Waals surface area (Å²) in [5.74, 6) is -3.91. The van der Waals surface area contributed by atoms with Crippen molar-refractivity contribution in [3.63, 3.8) is 0 Å². The van der Waals surface area contributed by atoms with Crippen LogP contribution < -0.4 is 22.1 Å². The molecule has 0 rings (SSSR count). The van der Waals surface area contributed by atoms with Crippen LogP contribution >= 0.6 is 0 Å². The lowest BCUT2D eigenvalue weighted by Crippen LogP contribution is -2.54. The number of carbonyl (C=O) groups excluding carboxylic acids is 3. The van der Waals surface area contributed by atoms with E-state index in [0.29, 0.717) is 0 Å². The molecule has 0 saturated carbocycles. The number of aliphatic hydroxyl groups excluding tert-OH is 1. The van der Waals surface area contributed by atoms with Gasteiger partial charge in [-0.15, -0.1) is 0 Å². The fourth-order valence-corrected chi connectivity index (χ4v) is 1.17. The van der Waals surface area contributed by atoms with Crippen LogP contribution in [0.1, 0.15) is 13.3 Å². The second-order valence-electron chi connectivity index (χ2n) is 4.09. The minimum absolute atomic E-state index is 0.572. The first-order valence-electron chi connectivity index (χ1n) is 5.67. The number of rotatable bonds is 8. The Hall–Kier alpha value is -2.20. The highest BCUT2D eigenvalue weighted by Gasteiger charge is 2.26. The molecule has 0 heterocycles. The van der Waals surface area contributed by atoms with Crippen molar-refractivity contribution >= 4 is 23.7 Å². The number of nitrogens with two attached hydrogens (primary N) is 2. The van der Waals surface area contributed by atoms with E-state index < -0.39 is 54.8 Å². The summed E-state index contributed by atoms with van der Waals surface area (Å²) >= 11 is 0. The van der Waals surface area contributed by atoms with E-state index in [0.717, 1.165) is 0 Å². The first-order valence-corrected chi connectivity index (χ1v) is 5.67. The fourth-order valence-electron chi connectivity index (χ4n) is 1.17. The summed E-state index contributed by atoms with van der Waals surface area (Å²) in [7, 11) is 0. The van der Waals surface area contributed by atoms with Gasteiger partial charge in [-0.25, -0.2) is 4.79 Å². The Bertz CT molecular complexity index is 399. The number of nitrogens with one attached hydrogen (secondary N) is 2. The average Bonchev–Trinajstić information content (AvgIpc) is 2.35. The van der Waals surface area contributed by atoms with Gasteiger partial charge >= 0.3 is 5.97 Å². The minimum Gasteiger partial charge on any atom is -0.480 e. The van der Waals surface area contributed by atoms with E-state index in [1.54, 1.807) is 0 Å². The molecular formula is C10H18N4O6. The zero-order valence-corrected chi connectivity index (χ0v) is 10.8. The summed E-state index contributed by atoms with van der Waals surface area (Å²) in [6.07, 6.45) is -0.572. The number of primary amides is 1. The van der Waals surface area contributed by atoms with Crippen molar-refractivity contribution in [2.24, 2.45) is 11.5 Å². The quantitative estimate of drug-likeness (QED) is 0.265. The van der Waals surface area contributed by atoms with Crippen LogP contribution in [0.3, 0.4) is 0 Å². The van der Waals surface area contributed by atoms with Crippen molar-refractivity contribution < 1.29 is 29.4 Å². The molecule has 0 aliphatic heterocycles. The van der Waals surface area contributed by atoms with Crippen LogP contribution in [-0.2, 0) is 19.2 Å². The third-order valence-electron chi connectivity index (χ3n) is 2.31. The van der Waals surface area contributed by atoms with Crippen molar-refractivity contribution in [3.8, 4) is 0 Å². The summed E-state index contributed by atoms with van der Waals surface area (Å²) in [5, 5.41) is 21.7. The summed E-state index contributed by atoms with van der Waals surface area (Å²) in [4.78, 5) is 44.4. The van der Waals surface area contributed by atoms with Gasteiger partial charge in [0.1, 0.15) is 18.1 Å². The Morgan fingerprint density at radius 1 is 1.15 bits per heavy atom. The van der Waals surface area contributed by atoms with Gasteiger partial charge in [0.25, 0.3) is 0 Å². The predicted octanol–water partition coefficient (Wildman–Crippen LogP) is -3.74. The molecule has 0 fully saturated rings. The van der Waals surface area contributed by atoms with Gasteiger partial charge in [-0.2, -0.15) is 0 Å². The normalized spacial score (nSPS) is 14.8. The number of aliphatic hydroxyl groups is 1. The third kappa shape index (κ3) is 6.11. The number of carbonyl (C=O) groups is 4. The number of carboxylic acid groups (broad SMARTS) is 1. The smallest absolute Gasteiger partial charge is 0.326 e. The number of carboxylic acids is 1. The zero-order chi connectivity index (χ0) is 15.9. The maximum Gasteiger partial charge on any atom is 0.326 e. The van der Waals surface area contributed by atoms with Crippen LogP contribution in [0.2, 0.25) is 0 Å². The van der Waals surface area contributed by atoms with Crippen molar-refractivity contribution in [3.05, 3.63) is 0 Å². The molecule has 0 aliphatic carbocycles.